The zero-order valence-corrected chi connectivity index (χ0v) is 15.5. The number of nitrogens with one attached hydrogen (secondary N) is 3. The maximum atomic E-state index is 12.5. The fourth-order valence-electron chi connectivity index (χ4n) is 2.67. The van der Waals surface area contributed by atoms with E-state index in [0.29, 0.717) is 38.7 Å². The van der Waals surface area contributed by atoms with Crippen LogP contribution in [0.25, 0.3) is 0 Å². The zero-order chi connectivity index (χ0) is 19.9. The molecule has 27 heavy (non-hydrogen) atoms. The van der Waals surface area contributed by atoms with Gasteiger partial charge in [0.2, 0.25) is 0 Å². The average Bonchev–Trinajstić information content (AvgIpc) is 2.64. The van der Waals surface area contributed by atoms with E-state index in [1.54, 1.807) is 0 Å². The summed E-state index contributed by atoms with van der Waals surface area (Å²) in [6, 6.07) is 1.93. The Balaban J connectivity index is 1.64. The molecule has 1 aliphatic rings. The standard InChI is InChI=1S/C17H26F3N5O2/c1-16(2,25-7-9-27-10-8-25)12-24-15(26)22-6-5-21-14-4-3-13(11-23-14)17(18,19)20/h3-4,11H,5-10,12H2,1-2H3,(H,21,23)(H2,22,24,26). The molecule has 0 radical (unpaired) electrons. The van der Waals surface area contributed by atoms with Crippen LogP contribution in [0.1, 0.15) is 19.4 Å². The van der Waals surface area contributed by atoms with Crippen LogP contribution in [0.3, 0.4) is 0 Å². The molecule has 1 aliphatic heterocycles. The highest BCUT2D eigenvalue weighted by molar-refractivity contribution is 5.73. The van der Waals surface area contributed by atoms with Crippen molar-refractivity contribution in [3.63, 3.8) is 0 Å². The van der Waals surface area contributed by atoms with Crippen LogP contribution in [-0.2, 0) is 10.9 Å². The Morgan fingerprint density at radius 1 is 1.19 bits per heavy atom. The molecule has 1 fully saturated rings. The molecule has 1 saturated heterocycles. The molecule has 2 amide bonds. The van der Waals surface area contributed by atoms with Gasteiger partial charge in [-0.2, -0.15) is 13.2 Å². The summed E-state index contributed by atoms with van der Waals surface area (Å²) in [4.78, 5) is 17.9. The summed E-state index contributed by atoms with van der Waals surface area (Å²) in [5.41, 5.74) is -0.975. The van der Waals surface area contributed by atoms with Gasteiger partial charge in [-0.05, 0) is 26.0 Å². The van der Waals surface area contributed by atoms with Gasteiger partial charge < -0.3 is 20.7 Å². The van der Waals surface area contributed by atoms with Gasteiger partial charge in [0, 0.05) is 44.5 Å². The third-order valence-corrected chi connectivity index (χ3v) is 4.36. The minimum Gasteiger partial charge on any atom is -0.379 e. The lowest BCUT2D eigenvalue weighted by molar-refractivity contribution is -0.137. The maximum Gasteiger partial charge on any atom is 0.417 e. The summed E-state index contributed by atoms with van der Waals surface area (Å²) in [7, 11) is 0. The number of carbonyl (C=O) groups is 1. The summed E-state index contributed by atoms with van der Waals surface area (Å²) in [5, 5.41) is 8.40. The van der Waals surface area contributed by atoms with Gasteiger partial charge in [0.1, 0.15) is 5.82 Å². The van der Waals surface area contributed by atoms with Gasteiger partial charge in [-0.15, -0.1) is 0 Å². The number of urea groups is 1. The molecule has 0 unspecified atom stereocenters. The predicted molar refractivity (Wildman–Crippen MR) is 95.6 cm³/mol. The van der Waals surface area contributed by atoms with Gasteiger partial charge >= 0.3 is 12.2 Å². The number of alkyl halides is 3. The molecule has 1 aromatic rings. The first-order chi connectivity index (χ1) is 12.7. The van der Waals surface area contributed by atoms with Crippen molar-refractivity contribution in [2.24, 2.45) is 0 Å². The normalized spacial score (nSPS) is 16.0. The Morgan fingerprint density at radius 3 is 2.48 bits per heavy atom. The molecule has 0 atom stereocenters. The van der Waals surface area contributed by atoms with Gasteiger partial charge in [-0.25, -0.2) is 9.78 Å². The number of ether oxygens (including phenoxy) is 1. The highest BCUT2D eigenvalue weighted by Crippen LogP contribution is 2.28. The summed E-state index contributed by atoms with van der Waals surface area (Å²) < 4.78 is 42.7. The first-order valence-electron chi connectivity index (χ1n) is 8.80. The van der Waals surface area contributed by atoms with Crippen molar-refractivity contribution in [2.45, 2.75) is 25.6 Å². The van der Waals surface area contributed by atoms with Gasteiger partial charge in [0.15, 0.2) is 0 Å². The van der Waals surface area contributed by atoms with Crippen molar-refractivity contribution >= 4 is 11.8 Å². The molecule has 1 aromatic heterocycles. The summed E-state index contributed by atoms with van der Waals surface area (Å²) >= 11 is 0. The third-order valence-electron chi connectivity index (χ3n) is 4.36. The Kier molecular flexibility index (Phi) is 7.25. The van der Waals surface area contributed by atoms with Crippen molar-refractivity contribution < 1.29 is 22.7 Å². The molecule has 0 spiro atoms. The van der Waals surface area contributed by atoms with Gasteiger partial charge in [-0.1, -0.05) is 0 Å². The number of nitrogens with zero attached hydrogens (tertiary/aromatic N) is 2. The second kappa shape index (κ2) is 9.23. The van der Waals surface area contributed by atoms with E-state index in [4.69, 9.17) is 4.74 Å². The van der Waals surface area contributed by atoms with Gasteiger partial charge in [0.25, 0.3) is 0 Å². The van der Waals surface area contributed by atoms with E-state index in [-0.39, 0.29) is 11.6 Å². The first-order valence-corrected chi connectivity index (χ1v) is 8.80. The number of hydrogen-bond acceptors (Lipinski definition) is 5. The average molecular weight is 389 g/mol. The Hall–Kier alpha value is -2.07. The second-order valence-corrected chi connectivity index (χ2v) is 6.88. The SMILES string of the molecule is CC(C)(CNC(=O)NCCNc1ccc(C(F)(F)F)cn1)N1CCOCC1. The van der Waals surface area contributed by atoms with E-state index in [2.05, 4.69) is 39.7 Å². The number of pyridine rings is 1. The van der Waals surface area contributed by atoms with Crippen molar-refractivity contribution in [3.8, 4) is 0 Å². The largest absolute Gasteiger partial charge is 0.417 e. The van der Waals surface area contributed by atoms with Gasteiger partial charge in [-0.3, -0.25) is 4.90 Å². The van der Waals surface area contributed by atoms with Crippen LogP contribution in [0, 0.1) is 0 Å². The number of anilines is 1. The van der Waals surface area contributed by atoms with E-state index in [1.807, 2.05) is 0 Å². The molecule has 152 valence electrons. The lowest BCUT2D eigenvalue weighted by Gasteiger charge is -2.40. The zero-order valence-electron chi connectivity index (χ0n) is 15.5. The highest BCUT2D eigenvalue weighted by Gasteiger charge is 2.30. The second-order valence-electron chi connectivity index (χ2n) is 6.88. The number of rotatable bonds is 7. The number of hydrogen-bond donors (Lipinski definition) is 3. The molecule has 10 heteroatoms. The topological polar surface area (TPSA) is 78.5 Å². The number of aromatic nitrogens is 1. The monoisotopic (exact) mass is 389 g/mol. The van der Waals surface area contributed by atoms with Crippen LogP contribution in [0.4, 0.5) is 23.8 Å². The van der Waals surface area contributed by atoms with E-state index < -0.39 is 11.7 Å². The molecular formula is C17H26F3N5O2. The molecule has 3 N–H and O–H groups in total. The van der Waals surface area contributed by atoms with Crippen molar-refractivity contribution in [2.75, 3.05) is 51.3 Å². The minimum absolute atomic E-state index is 0.177. The number of morpholine rings is 1. The fourth-order valence-corrected chi connectivity index (χ4v) is 2.67. The summed E-state index contributed by atoms with van der Waals surface area (Å²) in [6.07, 6.45) is -3.63. The van der Waals surface area contributed by atoms with E-state index >= 15 is 0 Å². The van der Waals surface area contributed by atoms with E-state index in [0.717, 1.165) is 25.4 Å². The molecular weight excluding hydrogens is 363 g/mol. The van der Waals surface area contributed by atoms with E-state index in [9.17, 15) is 18.0 Å². The van der Waals surface area contributed by atoms with Crippen molar-refractivity contribution in [1.82, 2.24) is 20.5 Å². The summed E-state index contributed by atoms with van der Waals surface area (Å²) in [5.74, 6) is 0.318. The number of carbonyl (C=O) groups excluding carboxylic acids is 1. The lowest BCUT2D eigenvalue weighted by Crippen LogP contribution is -2.56. The van der Waals surface area contributed by atoms with Crippen LogP contribution in [0.15, 0.2) is 18.3 Å². The highest BCUT2D eigenvalue weighted by atomic mass is 19.4. The quantitative estimate of drug-likeness (QED) is 0.621. The molecule has 0 aromatic carbocycles. The van der Waals surface area contributed by atoms with Crippen LogP contribution in [-0.4, -0.2) is 67.4 Å². The van der Waals surface area contributed by atoms with Crippen LogP contribution >= 0.6 is 0 Å². The van der Waals surface area contributed by atoms with E-state index in [1.165, 1.54) is 6.07 Å². The van der Waals surface area contributed by atoms with Crippen LogP contribution in [0.5, 0.6) is 0 Å². The van der Waals surface area contributed by atoms with Crippen LogP contribution < -0.4 is 16.0 Å². The first kappa shape index (κ1) is 21.2. The molecule has 2 rings (SSSR count). The fraction of sp³-hybridized carbons (Fsp3) is 0.647. The number of amides is 2. The van der Waals surface area contributed by atoms with Crippen molar-refractivity contribution in [3.05, 3.63) is 23.9 Å². The molecule has 2 heterocycles. The third kappa shape index (κ3) is 6.87. The van der Waals surface area contributed by atoms with Crippen molar-refractivity contribution in [1.29, 1.82) is 0 Å². The smallest absolute Gasteiger partial charge is 0.379 e. The molecule has 0 saturated carbocycles. The lowest BCUT2D eigenvalue weighted by atomic mass is 10.0. The molecule has 0 aliphatic carbocycles. The Labute approximate surface area is 156 Å². The number of halogens is 3. The summed E-state index contributed by atoms with van der Waals surface area (Å²) in [6.45, 7) is 8.34. The predicted octanol–water partition coefficient (Wildman–Crippen LogP) is 1.92. The molecule has 0 bridgehead atoms. The maximum absolute atomic E-state index is 12.5. The Bertz CT molecular complexity index is 602. The minimum atomic E-state index is -4.40. The molecule has 7 nitrogen and oxygen atoms in total. The Morgan fingerprint density at radius 2 is 1.89 bits per heavy atom. The van der Waals surface area contributed by atoms with Crippen LogP contribution in [0.2, 0.25) is 0 Å². The van der Waals surface area contributed by atoms with Gasteiger partial charge in [0.05, 0.1) is 18.8 Å².